The predicted octanol–water partition coefficient (Wildman–Crippen LogP) is 5.61. The Balaban J connectivity index is 1.86. The minimum atomic E-state index is -0.890. The summed E-state index contributed by atoms with van der Waals surface area (Å²) in [5, 5.41) is 10.1. The number of carbonyl (C=O) groups is 1. The molecule has 134 valence electrons. The van der Waals surface area contributed by atoms with E-state index >= 15 is 0 Å². The molecular formula is C20H26N2O2S. The van der Waals surface area contributed by atoms with Crippen molar-refractivity contribution in [2.75, 3.05) is 4.90 Å². The monoisotopic (exact) mass is 358 g/mol. The van der Waals surface area contributed by atoms with Crippen molar-refractivity contribution in [2.24, 2.45) is 0 Å². The third-order valence-corrected chi connectivity index (χ3v) is 6.19. The lowest BCUT2D eigenvalue weighted by atomic mass is 9.86. The third kappa shape index (κ3) is 4.03. The fraction of sp³-hybridized carbons (Fsp3) is 0.500. The second kappa shape index (κ2) is 7.16. The molecule has 1 aromatic heterocycles. The SMILES string of the molecule is CCCCC(C)(C)c1cnc(N(c2ccc(C(=O)O)cc2)C2CC2)s1. The normalized spacial score (nSPS) is 14.5. The summed E-state index contributed by atoms with van der Waals surface area (Å²) in [5.41, 5.74) is 1.49. The largest absolute Gasteiger partial charge is 0.478 e. The van der Waals surface area contributed by atoms with Crippen molar-refractivity contribution in [3.8, 4) is 0 Å². The molecule has 4 nitrogen and oxygen atoms in total. The molecule has 1 aliphatic rings. The first-order chi connectivity index (χ1) is 11.9. The summed E-state index contributed by atoms with van der Waals surface area (Å²) in [5.74, 6) is -0.890. The number of hydrogen-bond acceptors (Lipinski definition) is 4. The predicted molar refractivity (Wildman–Crippen MR) is 103 cm³/mol. The van der Waals surface area contributed by atoms with Gasteiger partial charge < -0.3 is 10.0 Å². The van der Waals surface area contributed by atoms with Gasteiger partial charge in [0.15, 0.2) is 5.13 Å². The van der Waals surface area contributed by atoms with Crippen LogP contribution in [-0.2, 0) is 5.41 Å². The standard InChI is InChI=1S/C20H26N2O2S/c1-4-5-12-20(2,3)17-13-21-19(25-17)22(16-10-11-16)15-8-6-14(7-9-15)18(23)24/h6-9,13,16H,4-5,10-12H2,1-3H3,(H,23,24). The number of benzene rings is 1. The Kier molecular flexibility index (Phi) is 5.13. The van der Waals surface area contributed by atoms with E-state index in [1.54, 1.807) is 23.5 Å². The highest BCUT2D eigenvalue weighted by molar-refractivity contribution is 7.15. The van der Waals surface area contributed by atoms with Crippen LogP contribution in [0, 0.1) is 0 Å². The first kappa shape index (κ1) is 17.9. The van der Waals surface area contributed by atoms with Crippen LogP contribution in [0.4, 0.5) is 10.8 Å². The lowest BCUT2D eigenvalue weighted by molar-refractivity contribution is 0.0697. The number of thiazole rings is 1. The van der Waals surface area contributed by atoms with Crippen LogP contribution in [0.5, 0.6) is 0 Å². The highest BCUT2D eigenvalue weighted by Gasteiger charge is 2.33. The number of aromatic nitrogens is 1. The van der Waals surface area contributed by atoms with Gasteiger partial charge in [-0.15, -0.1) is 11.3 Å². The molecule has 1 N–H and O–H groups in total. The summed E-state index contributed by atoms with van der Waals surface area (Å²) < 4.78 is 0. The lowest BCUT2D eigenvalue weighted by Gasteiger charge is -2.24. The van der Waals surface area contributed by atoms with Crippen LogP contribution < -0.4 is 4.90 Å². The van der Waals surface area contributed by atoms with E-state index in [-0.39, 0.29) is 5.41 Å². The average molecular weight is 359 g/mol. The van der Waals surface area contributed by atoms with E-state index < -0.39 is 5.97 Å². The van der Waals surface area contributed by atoms with Crippen molar-refractivity contribution in [3.05, 3.63) is 40.9 Å². The van der Waals surface area contributed by atoms with E-state index in [1.807, 2.05) is 18.3 Å². The molecule has 1 heterocycles. The highest BCUT2D eigenvalue weighted by Crippen LogP contribution is 2.43. The van der Waals surface area contributed by atoms with Crippen LogP contribution in [0.3, 0.4) is 0 Å². The minimum Gasteiger partial charge on any atom is -0.478 e. The first-order valence-corrected chi connectivity index (χ1v) is 9.83. The van der Waals surface area contributed by atoms with Crippen LogP contribution in [0.15, 0.2) is 30.5 Å². The minimum absolute atomic E-state index is 0.147. The molecule has 0 radical (unpaired) electrons. The molecule has 0 unspecified atom stereocenters. The number of nitrogens with zero attached hydrogens (tertiary/aromatic N) is 2. The zero-order chi connectivity index (χ0) is 18.0. The molecule has 1 fully saturated rings. The van der Waals surface area contributed by atoms with Gasteiger partial charge in [-0.05, 0) is 43.5 Å². The Hall–Kier alpha value is -1.88. The van der Waals surface area contributed by atoms with Crippen LogP contribution in [0.25, 0.3) is 0 Å². The van der Waals surface area contributed by atoms with Crippen molar-refractivity contribution in [3.63, 3.8) is 0 Å². The van der Waals surface area contributed by atoms with E-state index in [9.17, 15) is 4.79 Å². The van der Waals surface area contributed by atoms with Gasteiger partial charge in [0.2, 0.25) is 0 Å². The number of carboxylic acid groups (broad SMARTS) is 1. The Bertz CT molecular complexity index is 732. The first-order valence-electron chi connectivity index (χ1n) is 9.01. The summed E-state index contributed by atoms with van der Waals surface area (Å²) in [4.78, 5) is 19.4. The summed E-state index contributed by atoms with van der Waals surface area (Å²) >= 11 is 1.77. The second-order valence-electron chi connectivity index (χ2n) is 7.45. The fourth-order valence-electron chi connectivity index (χ4n) is 3.01. The van der Waals surface area contributed by atoms with Crippen molar-refractivity contribution >= 4 is 28.1 Å². The van der Waals surface area contributed by atoms with Crippen molar-refractivity contribution < 1.29 is 9.90 Å². The Morgan fingerprint density at radius 1 is 1.32 bits per heavy atom. The molecule has 1 aliphatic carbocycles. The van der Waals surface area contributed by atoms with Crippen LogP contribution in [0.2, 0.25) is 0 Å². The molecule has 1 aromatic carbocycles. The van der Waals surface area contributed by atoms with Gasteiger partial charge in [0, 0.05) is 28.2 Å². The molecule has 3 rings (SSSR count). The number of aromatic carboxylic acids is 1. The second-order valence-corrected chi connectivity index (χ2v) is 8.46. The number of rotatable bonds is 8. The van der Waals surface area contributed by atoms with E-state index in [0.29, 0.717) is 11.6 Å². The van der Waals surface area contributed by atoms with Gasteiger partial charge in [-0.1, -0.05) is 33.6 Å². The average Bonchev–Trinajstić information content (AvgIpc) is 3.29. The molecule has 0 amide bonds. The van der Waals surface area contributed by atoms with Gasteiger partial charge in [-0.25, -0.2) is 9.78 Å². The highest BCUT2D eigenvalue weighted by atomic mass is 32.1. The van der Waals surface area contributed by atoms with Gasteiger partial charge in [0.25, 0.3) is 0 Å². The summed E-state index contributed by atoms with van der Waals surface area (Å²) in [6.45, 7) is 6.82. The maximum Gasteiger partial charge on any atom is 0.335 e. The quantitative estimate of drug-likeness (QED) is 0.666. The van der Waals surface area contributed by atoms with E-state index in [1.165, 1.54) is 24.1 Å². The molecule has 5 heteroatoms. The topological polar surface area (TPSA) is 53.4 Å². The van der Waals surface area contributed by atoms with Crippen molar-refractivity contribution in [1.82, 2.24) is 4.98 Å². The van der Waals surface area contributed by atoms with E-state index in [2.05, 4.69) is 25.7 Å². The zero-order valence-corrected chi connectivity index (χ0v) is 16.0. The smallest absolute Gasteiger partial charge is 0.335 e. The summed E-state index contributed by atoms with van der Waals surface area (Å²) in [7, 11) is 0. The lowest BCUT2D eigenvalue weighted by Crippen LogP contribution is -2.19. The van der Waals surface area contributed by atoms with E-state index in [0.717, 1.165) is 23.7 Å². The number of unbranched alkanes of at least 4 members (excludes halogenated alkanes) is 1. The molecule has 0 spiro atoms. The summed E-state index contributed by atoms with van der Waals surface area (Å²) in [6.07, 6.45) is 7.95. The van der Waals surface area contributed by atoms with Gasteiger partial charge in [0.1, 0.15) is 0 Å². The zero-order valence-electron chi connectivity index (χ0n) is 15.2. The molecule has 25 heavy (non-hydrogen) atoms. The van der Waals surface area contributed by atoms with Crippen LogP contribution in [-0.4, -0.2) is 22.1 Å². The molecule has 0 saturated heterocycles. The van der Waals surface area contributed by atoms with Gasteiger partial charge in [-0.3, -0.25) is 0 Å². The van der Waals surface area contributed by atoms with Gasteiger partial charge >= 0.3 is 5.97 Å². The molecule has 0 bridgehead atoms. The number of carboxylic acids is 1. The summed E-state index contributed by atoms with van der Waals surface area (Å²) in [6, 6.07) is 7.61. The van der Waals surface area contributed by atoms with Crippen LogP contribution >= 0.6 is 11.3 Å². The third-order valence-electron chi connectivity index (χ3n) is 4.83. The van der Waals surface area contributed by atoms with Crippen molar-refractivity contribution in [1.29, 1.82) is 0 Å². The van der Waals surface area contributed by atoms with Gasteiger partial charge in [0.05, 0.1) is 5.56 Å². The maximum atomic E-state index is 11.1. The van der Waals surface area contributed by atoms with Crippen molar-refractivity contribution in [2.45, 2.75) is 64.3 Å². The molecule has 2 aromatic rings. The Labute approximate surface area is 153 Å². The fourth-order valence-corrected chi connectivity index (χ4v) is 4.14. The molecule has 1 saturated carbocycles. The Morgan fingerprint density at radius 3 is 2.56 bits per heavy atom. The van der Waals surface area contributed by atoms with Crippen LogP contribution in [0.1, 0.15) is 68.1 Å². The van der Waals surface area contributed by atoms with Gasteiger partial charge in [-0.2, -0.15) is 0 Å². The van der Waals surface area contributed by atoms with E-state index in [4.69, 9.17) is 10.1 Å². The number of hydrogen-bond donors (Lipinski definition) is 1. The number of anilines is 2. The molecule has 0 aliphatic heterocycles. The maximum absolute atomic E-state index is 11.1. The molecule has 0 atom stereocenters. The molecular weight excluding hydrogens is 332 g/mol. The Morgan fingerprint density at radius 2 is 2.00 bits per heavy atom.